The fourth-order valence-corrected chi connectivity index (χ4v) is 1.18. The molecule has 0 amide bonds. The summed E-state index contributed by atoms with van der Waals surface area (Å²) < 4.78 is 5.27. The first-order chi connectivity index (χ1) is 7.61. The molecule has 0 saturated heterocycles. The minimum Gasteiger partial charge on any atom is -0.485 e. The van der Waals surface area contributed by atoms with Crippen LogP contribution in [0, 0.1) is 10.1 Å². The number of nitrogen functional groups attached to an aromatic ring is 1. The molecule has 1 aromatic rings. The number of rotatable bonds is 5. The molecule has 0 fully saturated rings. The van der Waals surface area contributed by atoms with Gasteiger partial charge in [-0.25, -0.2) is 4.98 Å². The smallest absolute Gasteiger partial charge is 0.331 e. The molecule has 0 aromatic carbocycles. The highest BCUT2D eigenvalue weighted by molar-refractivity contribution is 5.74. The van der Waals surface area contributed by atoms with Crippen LogP contribution in [0.2, 0.25) is 0 Å². The van der Waals surface area contributed by atoms with E-state index >= 15 is 0 Å². The number of nitrogens with two attached hydrogens (primary N) is 1. The summed E-state index contributed by atoms with van der Waals surface area (Å²) in [4.78, 5) is 14.0. The lowest BCUT2D eigenvalue weighted by molar-refractivity contribution is -0.386. The second-order valence-corrected chi connectivity index (χ2v) is 3.09. The summed E-state index contributed by atoms with van der Waals surface area (Å²) in [5.41, 5.74) is 5.66. The maximum Gasteiger partial charge on any atom is 0.331 e. The van der Waals surface area contributed by atoms with Gasteiger partial charge in [-0.1, -0.05) is 6.92 Å². The van der Waals surface area contributed by atoms with Crippen LogP contribution in [0.5, 0.6) is 5.75 Å². The summed E-state index contributed by atoms with van der Waals surface area (Å²) in [6.07, 6.45) is 1.88. The quantitative estimate of drug-likeness (QED) is 0.581. The number of aromatic nitrogens is 1. The van der Waals surface area contributed by atoms with E-state index in [1.807, 2.05) is 6.92 Å². The lowest BCUT2D eigenvalue weighted by Crippen LogP contribution is -2.06. The summed E-state index contributed by atoms with van der Waals surface area (Å²) in [7, 11) is 1.63. The van der Waals surface area contributed by atoms with E-state index in [9.17, 15) is 10.1 Å². The number of hydrogen-bond acceptors (Lipinski definition) is 6. The van der Waals surface area contributed by atoms with Crippen molar-refractivity contribution in [3.8, 4) is 5.75 Å². The Morgan fingerprint density at radius 1 is 1.69 bits per heavy atom. The molecule has 0 aliphatic carbocycles. The van der Waals surface area contributed by atoms with Crippen LogP contribution in [-0.4, -0.2) is 23.6 Å². The number of nitrogens with one attached hydrogen (secondary N) is 1. The van der Waals surface area contributed by atoms with Gasteiger partial charge < -0.3 is 15.8 Å². The van der Waals surface area contributed by atoms with Crippen molar-refractivity contribution < 1.29 is 9.66 Å². The highest BCUT2D eigenvalue weighted by Gasteiger charge is 2.21. The Morgan fingerprint density at radius 2 is 2.38 bits per heavy atom. The van der Waals surface area contributed by atoms with Gasteiger partial charge in [0.05, 0.1) is 11.5 Å². The number of hydrogen-bond donors (Lipinski definition) is 2. The van der Waals surface area contributed by atoms with Crippen molar-refractivity contribution in [1.82, 2.24) is 4.98 Å². The van der Waals surface area contributed by atoms with Gasteiger partial charge in [0.25, 0.3) is 0 Å². The van der Waals surface area contributed by atoms with Gasteiger partial charge in [0, 0.05) is 7.05 Å². The topological polar surface area (TPSA) is 103 Å². The van der Waals surface area contributed by atoms with E-state index in [1.165, 1.54) is 0 Å². The molecule has 0 spiro atoms. The van der Waals surface area contributed by atoms with Crippen molar-refractivity contribution in [1.29, 1.82) is 0 Å². The Morgan fingerprint density at radius 3 is 2.88 bits per heavy atom. The second kappa shape index (κ2) is 5.15. The summed E-state index contributed by atoms with van der Waals surface area (Å²) in [5.74, 6) is 0.447. The standard InChI is InChI=1S/C9H14N4O3/c1-3-4-16-8-6(13(14)15)5-12-9(11-2)7(8)10/h5H,3-4,10H2,1-2H3,(H,11,12). The van der Waals surface area contributed by atoms with E-state index in [1.54, 1.807) is 7.05 Å². The first kappa shape index (κ1) is 12.0. The van der Waals surface area contributed by atoms with Crippen molar-refractivity contribution in [2.24, 2.45) is 0 Å². The number of nitrogens with zero attached hydrogens (tertiary/aromatic N) is 2. The Hall–Kier alpha value is -2.05. The maximum absolute atomic E-state index is 10.7. The monoisotopic (exact) mass is 226 g/mol. The number of anilines is 2. The average Bonchev–Trinajstić information content (AvgIpc) is 2.26. The first-order valence-corrected chi connectivity index (χ1v) is 4.85. The zero-order valence-corrected chi connectivity index (χ0v) is 9.19. The molecule has 16 heavy (non-hydrogen) atoms. The normalized spacial score (nSPS) is 9.88. The summed E-state index contributed by atoms with van der Waals surface area (Å²) in [6.45, 7) is 2.28. The van der Waals surface area contributed by atoms with Crippen molar-refractivity contribution in [3.63, 3.8) is 0 Å². The first-order valence-electron chi connectivity index (χ1n) is 4.85. The molecule has 0 unspecified atom stereocenters. The Labute approximate surface area is 92.8 Å². The molecule has 0 saturated carbocycles. The molecule has 0 bridgehead atoms. The van der Waals surface area contributed by atoms with E-state index < -0.39 is 4.92 Å². The molecule has 7 heteroatoms. The van der Waals surface area contributed by atoms with E-state index in [0.29, 0.717) is 12.4 Å². The molecule has 88 valence electrons. The molecule has 3 N–H and O–H groups in total. The molecule has 1 rings (SSSR count). The number of nitro groups is 1. The Bertz CT molecular complexity index is 395. The van der Waals surface area contributed by atoms with Crippen LogP contribution in [0.25, 0.3) is 0 Å². The number of pyridine rings is 1. The van der Waals surface area contributed by atoms with Gasteiger partial charge in [0.15, 0.2) is 5.82 Å². The predicted octanol–water partition coefficient (Wildman–Crippen LogP) is 1.40. The van der Waals surface area contributed by atoms with Crippen LogP contribution < -0.4 is 15.8 Å². The SMILES string of the molecule is CCCOc1c([N+](=O)[O-])cnc(NC)c1N. The predicted molar refractivity (Wildman–Crippen MR) is 60.6 cm³/mol. The van der Waals surface area contributed by atoms with Gasteiger partial charge in [-0.05, 0) is 6.42 Å². The summed E-state index contributed by atoms with van der Waals surface area (Å²) in [5, 5.41) is 13.5. The third-order valence-corrected chi connectivity index (χ3v) is 1.93. The highest BCUT2D eigenvalue weighted by Crippen LogP contribution is 2.36. The molecule has 0 aliphatic rings. The molecule has 1 aromatic heterocycles. The molecule has 7 nitrogen and oxygen atoms in total. The maximum atomic E-state index is 10.7. The van der Waals surface area contributed by atoms with Crippen LogP contribution in [-0.2, 0) is 0 Å². The molecule has 1 heterocycles. The van der Waals surface area contributed by atoms with Crippen LogP contribution in [0.1, 0.15) is 13.3 Å². The van der Waals surface area contributed by atoms with Crippen LogP contribution in [0.4, 0.5) is 17.2 Å². The highest BCUT2D eigenvalue weighted by atomic mass is 16.6. The van der Waals surface area contributed by atoms with Crippen molar-refractivity contribution >= 4 is 17.2 Å². The van der Waals surface area contributed by atoms with E-state index in [4.69, 9.17) is 10.5 Å². The Kier molecular flexibility index (Phi) is 3.87. The molecule has 0 radical (unpaired) electrons. The van der Waals surface area contributed by atoms with E-state index in [-0.39, 0.29) is 17.1 Å². The minimum absolute atomic E-state index is 0.0752. The average molecular weight is 226 g/mol. The minimum atomic E-state index is -0.562. The third-order valence-electron chi connectivity index (χ3n) is 1.93. The van der Waals surface area contributed by atoms with E-state index in [2.05, 4.69) is 10.3 Å². The molecular formula is C9H14N4O3. The zero-order valence-electron chi connectivity index (χ0n) is 9.19. The van der Waals surface area contributed by atoms with Crippen molar-refractivity contribution in [2.75, 3.05) is 24.7 Å². The number of ether oxygens (including phenoxy) is 1. The van der Waals surface area contributed by atoms with Gasteiger partial charge in [-0.15, -0.1) is 0 Å². The molecule has 0 atom stereocenters. The van der Waals surface area contributed by atoms with Gasteiger partial charge in [0.2, 0.25) is 5.75 Å². The fourth-order valence-electron chi connectivity index (χ4n) is 1.18. The van der Waals surface area contributed by atoms with Gasteiger partial charge in [-0.3, -0.25) is 10.1 Å². The van der Waals surface area contributed by atoms with Gasteiger partial charge in [0.1, 0.15) is 11.9 Å². The lowest BCUT2D eigenvalue weighted by Gasteiger charge is -2.10. The summed E-state index contributed by atoms with van der Waals surface area (Å²) in [6, 6.07) is 0. The molecular weight excluding hydrogens is 212 g/mol. The van der Waals surface area contributed by atoms with Crippen LogP contribution >= 0.6 is 0 Å². The Balaban J connectivity index is 3.19. The largest absolute Gasteiger partial charge is 0.485 e. The van der Waals surface area contributed by atoms with E-state index in [0.717, 1.165) is 12.6 Å². The van der Waals surface area contributed by atoms with Crippen LogP contribution in [0.15, 0.2) is 6.20 Å². The lowest BCUT2D eigenvalue weighted by atomic mass is 10.3. The van der Waals surface area contributed by atoms with Crippen LogP contribution in [0.3, 0.4) is 0 Å². The van der Waals surface area contributed by atoms with Crippen molar-refractivity contribution in [3.05, 3.63) is 16.3 Å². The zero-order chi connectivity index (χ0) is 12.1. The van der Waals surface area contributed by atoms with Crippen molar-refractivity contribution in [2.45, 2.75) is 13.3 Å². The van der Waals surface area contributed by atoms with Gasteiger partial charge >= 0.3 is 5.69 Å². The molecule has 0 aliphatic heterocycles. The second-order valence-electron chi connectivity index (χ2n) is 3.09. The third kappa shape index (κ3) is 2.30. The fraction of sp³-hybridized carbons (Fsp3) is 0.444. The summed E-state index contributed by atoms with van der Waals surface area (Å²) >= 11 is 0. The van der Waals surface area contributed by atoms with Gasteiger partial charge in [-0.2, -0.15) is 0 Å².